The third-order valence-corrected chi connectivity index (χ3v) is 22.3. The Morgan fingerprint density at radius 3 is 0.905 bits per heavy atom. The summed E-state index contributed by atoms with van der Waals surface area (Å²) in [6, 6.07) is 83.9. The summed E-state index contributed by atoms with van der Waals surface area (Å²) in [5, 5.41) is 38.3. The van der Waals surface area contributed by atoms with E-state index < -0.39 is 0 Å². The van der Waals surface area contributed by atoms with Crippen molar-refractivity contribution in [3.63, 3.8) is 0 Å². The summed E-state index contributed by atoms with van der Waals surface area (Å²) in [6.45, 7) is 30.5. The molecule has 656 valence electrons. The van der Waals surface area contributed by atoms with Crippen molar-refractivity contribution in [2.24, 2.45) is 0 Å². The van der Waals surface area contributed by atoms with E-state index in [1.165, 1.54) is 187 Å². The molecule has 21 heteroatoms. The Morgan fingerprint density at radius 1 is 0.317 bits per heavy atom. The van der Waals surface area contributed by atoms with Gasteiger partial charge in [0.1, 0.15) is 5.82 Å². The van der Waals surface area contributed by atoms with Crippen LogP contribution >= 0.6 is 45.3 Å². The average Bonchev–Trinajstić information content (AvgIpc) is 1.66. The first-order valence-corrected chi connectivity index (χ1v) is 42.4. The number of allylic oxidation sites excluding steroid dienone is 8. The maximum Gasteiger partial charge on any atom is 0.155 e. The van der Waals surface area contributed by atoms with Gasteiger partial charge in [-0.3, -0.25) is 19.2 Å². The monoisotopic (exact) mass is 2460 g/mol. The van der Waals surface area contributed by atoms with Gasteiger partial charge in [-0.25, -0.2) is 4.39 Å². The minimum absolute atomic E-state index is 0. The number of aliphatic hydroxyl groups excluding tert-OH is 4. The van der Waals surface area contributed by atoms with Crippen molar-refractivity contribution in [3.05, 3.63) is 359 Å². The molecule has 0 saturated carbocycles. The van der Waals surface area contributed by atoms with Gasteiger partial charge in [-0.2, -0.15) is 0 Å². The number of rotatable bonds is 12. The van der Waals surface area contributed by atoms with Gasteiger partial charge in [0, 0.05) is 149 Å². The maximum atomic E-state index is 13.0. The Bertz CT molecular complexity index is 6310. The summed E-state index contributed by atoms with van der Waals surface area (Å²) in [6.07, 6.45) is 12.5. The van der Waals surface area contributed by atoms with E-state index in [4.69, 9.17) is 25.4 Å². The van der Waals surface area contributed by atoms with Crippen LogP contribution in [0.25, 0.3) is 127 Å². The zero-order valence-corrected chi connectivity index (χ0v) is 85.7. The van der Waals surface area contributed by atoms with Gasteiger partial charge >= 0.3 is 0 Å². The zero-order valence-electron chi connectivity index (χ0n) is 72.8. The fourth-order valence-corrected chi connectivity index (χ4v) is 17.1. The first-order valence-electron chi connectivity index (χ1n) is 39.1. The van der Waals surface area contributed by atoms with Crippen molar-refractivity contribution < 1.29 is 124 Å². The molecule has 16 aromatic rings. The molecular formula is C105H97FIr4N4O8S4-4. The molecule has 16 rings (SSSR count). The number of thiophene rings is 4. The van der Waals surface area contributed by atoms with E-state index in [1.807, 2.05) is 66.5 Å². The van der Waals surface area contributed by atoms with Crippen LogP contribution in [-0.4, -0.2) is 63.5 Å². The van der Waals surface area contributed by atoms with Crippen LogP contribution in [-0.2, 0) is 99.6 Å². The maximum absolute atomic E-state index is 13.0. The summed E-state index contributed by atoms with van der Waals surface area (Å²) >= 11 is 7.06. The van der Waals surface area contributed by atoms with E-state index >= 15 is 0 Å². The number of carbonyl (C=O) groups is 4. The van der Waals surface area contributed by atoms with Crippen molar-refractivity contribution in [1.29, 1.82) is 0 Å². The number of ketones is 4. The Balaban J connectivity index is 0.000000268. The van der Waals surface area contributed by atoms with Gasteiger partial charge in [0.05, 0.1) is 41.8 Å². The topological polar surface area (TPSA) is 201 Å². The van der Waals surface area contributed by atoms with Gasteiger partial charge in [0.2, 0.25) is 0 Å². The zero-order chi connectivity index (χ0) is 88.4. The molecule has 0 saturated heterocycles. The van der Waals surface area contributed by atoms with Gasteiger partial charge in [0.25, 0.3) is 0 Å². The van der Waals surface area contributed by atoms with E-state index in [-0.39, 0.29) is 132 Å². The first-order chi connectivity index (χ1) is 58.1. The number of halogens is 1. The third kappa shape index (κ3) is 33.4. The molecule has 8 aromatic heterocycles. The smallest absolute Gasteiger partial charge is 0.155 e. The number of aliphatic hydroxyl groups is 4. The molecule has 0 aliphatic carbocycles. The molecule has 0 fully saturated rings. The largest absolute Gasteiger partial charge is 0.512 e. The molecule has 0 aliphatic rings. The number of hydrogen-bond donors (Lipinski definition) is 4. The SMILES string of the molecule is CC(=O)C=C(C)O.CC(=O)C=C(C)O.CC(=O)C=C(C)O.CC(=O)C=C(C)O.Cc1[c-]c(-c2cc3cc(-c4c(C)cccc4C)sc3cn2)cc(C)c1.Cc1[c-]c(-c2cc3cc(-c4ccc(C)cc4)sc3cn2)cc(C)c1.Cc1[c-]c(-c2cc3cc(-c4ccccc4)sc3cn2)cc(C)c1.Fc1ccc(-c2cc3cc(-c4[c-]cccc4)ncc3s2)cc1.[Ir].[Ir].[Ir].[Ir]. The number of fused-ring (bicyclic) bond motifs is 4. The van der Waals surface area contributed by atoms with Gasteiger partial charge in [0.15, 0.2) is 23.1 Å². The standard InChI is InChI=1S/C23H20NS.C22H18NS.C21H16NS.C19H11FNS.4C5H8O2.4Ir/c1-14-8-15(2)10-18(9-14)20-11-19-12-21(25-22(19)13-24-20)23-16(3)6-5-7-17(23)4;1-14-4-6-17(7-5-14)21-12-19-11-20(23-13-22(19)24-21)18-9-15(2)8-16(3)10-18;1-14-8-15(2)10-17(9-14)19-11-18-12-20(23-21(18)13-22-19)16-6-4-3-5-7-16;20-16-8-6-14(7-9-16)18-11-15-10-17(21-12-19(15)22-18)13-4-2-1-3-5-13;4*1-4(6)3-5(2)7;;;;/h5-9,11-13H,1-4H3;4-9,11-13H,1-3H3;3-9,11-13H,1-2H3;1-4,6-12H;4*3,6H,1-2H3;;;;/q4*-1;;;;;;;;. The molecule has 4 N–H and O–H groups in total. The summed E-state index contributed by atoms with van der Waals surface area (Å²) in [5.41, 5.74) is 24.1. The summed E-state index contributed by atoms with van der Waals surface area (Å²) < 4.78 is 17.8. The molecule has 8 aromatic carbocycles. The predicted molar refractivity (Wildman–Crippen MR) is 508 cm³/mol. The van der Waals surface area contributed by atoms with Crippen molar-refractivity contribution >= 4 is 109 Å². The Kier molecular flexibility index (Phi) is 43.3. The molecule has 0 amide bonds. The Morgan fingerprint density at radius 2 is 0.611 bits per heavy atom. The van der Waals surface area contributed by atoms with Gasteiger partial charge in [-0.05, 0) is 190 Å². The molecule has 4 radical (unpaired) electrons. The fraction of sp³-hybridized carbons (Fsp3) is 0.162. The number of nitrogens with zero attached hydrogens (tertiary/aromatic N) is 4. The number of carbonyl (C=O) groups excluding carboxylic acids is 4. The molecule has 0 aliphatic heterocycles. The van der Waals surface area contributed by atoms with Crippen LogP contribution in [0, 0.1) is 92.4 Å². The Labute approximate surface area is 808 Å². The molecule has 12 nitrogen and oxygen atoms in total. The first kappa shape index (κ1) is 106. The summed E-state index contributed by atoms with van der Waals surface area (Å²) in [4.78, 5) is 63.6. The van der Waals surface area contributed by atoms with E-state index in [0.29, 0.717) is 0 Å². The van der Waals surface area contributed by atoms with Crippen LogP contribution in [0.3, 0.4) is 0 Å². The molecule has 0 atom stereocenters. The van der Waals surface area contributed by atoms with Gasteiger partial charge in [-0.15, -0.1) is 186 Å². The number of benzene rings is 8. The molecular weight excluding hydrogens is 2360 g/mol. The minimum atomic E-state index is -0.214. The van der Waals surface area contributed by atoms with Gasteiger partial charge in [-0.1, -0.05) is 156 Å². The minimum Gasteiger partial charge on any atom is -0.512 e. The van der Waals surface area contributed by atoms with Crippen molar-refractivity contribution in [2.45, 2.75) is 118 Å². The molecule has 0 unspecified atom stereocenters. The van der Waals surface area contributed by atoms with E-state index in [9.17, 15) is 23.6 Å². The molecule has 8 heterocycles. The van der Waals surface area contributed by atoms with Crippen LogP contribution < -0.4 is 0 Å². The number of pyridine rings is 4. The van der Waals surface area contributed by atoms with Crippen LogP contribution in [0.4, 0.5) is 4.39 Å². The average molecular weight is 2460 g/mol. The van der Waals surface area contributed by atoms with Crippen LogP contribution in [0.2, 0.25) is 0 Å². The number of aromatic nitrogens is 4. The summed E-state index contributed by atoms with van der Waals surface area (Å²) in [5.74, 6) is -0.464. The van der Waals surface area contributed by atoms with Crippen LogP contribution in [0.1, 0.15) is 105 Å². The second-order valence-electron chi connectivity index (χ2n) is 29.5. The normalized spacial score (nSPS) is 10.8. The molecule has 0 bridgehead atoms. The number of hydrogen-bond acceptors (Lipinski definition) is 16. The number of aryl methyl sites for hydroxylation is 9. The Hall–Kier alpha value is -10.4. The third-order valence-electron chi connectivity index (χ3n) is 17.8. The van der Waals surface area contributed by atoms with E-state index in [0.717, 1.165) is 82.2 Å². The van der Waals surface area contributed by atoms with Crippen LogP contribution in [0.15, 0.2) is 278 Å². The quantitative estimate of drug-likeness (QED) is 0.0513. The second kappa shape index (κ2) is 51.4. The van der Waals surface area contributed by atoms with Crippen LogP contribution in [0.5, 0.6) is 0 Å². The van der Waals surface area contributed by atoms with Crippen molar-refractivity contribution in [2.75, 3.05) is 0 Å². The second-order valence-corrected chi connectivity index (χ2v) is 33.8. The summed E-state index contributed by atoms with van der Waals surface area (Å²) in [7, 11) is 0. The fourth-order valence-electron chi connectivity index (χ4n) is 12.9. The molecule has 126 heavy (non-hydrogen) atoms. The van der Waals surface area contributed by atoms with E-state index in [1.54, 1.807) is 46.1 Å². The van der Waals surface area contributed by atoms with Gasteiger partial charge < -0.3 is 40.4 Å². The predicted octanol–water partition coefficient (Wildman–Crippen LogP) is 28.8. The van der Waals surface area contributed by atoms with Crippen molar-refractivity contribution in [1.82, 2.24) is 19.9 Å². The van der Waals surface area contributed by atoms with E-state index in [2.05, 4.69) is 253 Å². The molecule has 0 spiro atoms. The van der Waals surface area contributed by atoms with Crippen molar-refractivity contribution in [3.8, 4) is 86.8 Å².